The number of allylic oxidation sites excluding steroid dienone is 2. The maximum absolute atomic E-state index is 2.48. The zero-order valence-corrected chi connectivity index (χ0v) is 14.0. The van der Waals surface area contributed by atoms with Gasteiger partial charge in [0.1, 0.15) is 0 Å². The lowest BCUT2D eigenvalue weighted by molar-refractivity contribution is 0.636. The molecule has 2 aromatic rings. The summed E-state index contributed by atoms with van der Waals surface area (Å²) in [5.74, 6) is 0. The van der Waals surface area contributed by atoms with E-state index in [4.69, 9.17) is 0 Å². The second kappa shape index (κ2) is 6.38. The quantitative estimate of drug-likeness (QED) is 0.635. The molecule has 110 valence electrons. The summed E-state index contributed by atoms with van der Waals surface area (Å²) in [6.07, 6.45) is 9.91. The van der Waals surface area contributed by atoms with Crippen molar-refractivity contribution in [3.8, 4) is 0 Å². The molecule has 0 aliphatic carbocycles. The van der Waals surface area contributed by atoms with Gasteiger partial charge in [0.15, 0.2) is 0 Å². The Morgan fingerprint density at radius 1 is 1.10 bits per heavy atom. The summed E-state index contributed by atoms with van der Waals surface area (Å²) in [4.78, 5) is 0. The van der Waals surface area contributed by atoms with Crippen molar-refractivity contribution in [2.75, 3.05) is 0 Å². The fourth-order valence-corrected chi connectivity index (χ4v) is 2.74. The van der Waals surface area contributed by atoms with Gasteiger partial charge in [0.2, 0.25) is 7.41 Å². The Labute approximate surface area is 129 Å². The molecular formula is C19H26BN. The minimum absolute atomic E-state index is 0.297. The van der Waals surface area contributed by atoms with Crippen molar-refractivity contribution in [1.29, 1.82) is 0 Å². The molecule has 0 amide bonds. The minimum Gasteiger partial charge on any atom is -0.389 e. The average molecular weight is 279 g/mol. The third kappa shape index (κ3) is 3.15. The van der Waals surface area contributed by atoms with Crippen LogP contribution in [-0.4, -0.2) is 11.9 Å². The van der Waals surface area contributed by atoms with Crippen LogP contribution in [0.25, 0.3) is 23.1 Å². The summed E-state index contributed by atoms with van der Waals surface area (Å²) < 4.78 is 2.48. The Kier molecular flexibility index (Phi) is 4.77. The Bertz CT molecular complexity index is 674. The maximum Gasteiger partial charge on any atom is 0.248 e. The summed E-state index contributed by atoms with van der Waals surface area (Å²) in [7, 11) is 1.04. The van der Waals surface area contributed by atoms with Crippen molar-refractivity contribution in [1.82, 2.24) is 4.48 Å². The molecule has 1 aromatic heterocycles. The first-order valence-corrected chi connectivity index (χ1v) is 7.90. The SMILES string of the molecule is C/C=C\c1c(/C=C\C)n(BC(C)(C)CC)c2ccccc12. The third-order valence-corrected chi connectivity index (χ3v) is 4.25. The fraction of sp³-hybridized carbons (Fsp3) is 0.368. The highest BCUT2D eigenvalue weighted by Gasteiger charge is 2.22. The highest BCUT2D eigenvalue weighted by atomic mass is 14.9. The van der Waals surface area contributed by atoms with E-state index in [9.17, 15) is 0 Å². The number of hydrogen-bond acceptors (Lipinski definition) is 0. The van der Waals surface area contributed by atoms with E-state index in [2.05, 4.69) is 87.7 Å². The standard InChI is InChI=1S/C19H26BN/c1-6-11-15-16-13-9-10-14-18(16)21(17(15)12-7-2)20-19(4,5)8-3/h6-7,9-14,20H,8H2,1-5H3/b11-6-,12-7-. The first-order valence-electron chi connectivity index (χ1n) is 7.90. The zero-order valence-electron chi connectivity index (χ0n) is 14.0. The molecular weight excluding hydrogens is 253 g/mol. The van der Waals surface area contributed by atoms with Crippen LogP contribution in [-0.2, 0) is 0 Å². The molecule has 0 radical (unpaired) electrons. The number of aromatic nitrogens is 1. The van der Waals surface area contributed by atoms with E-state index in [0.29, 0.717) is 5.31 Å². The van der Waals surface area contributed by atoms with E-state index in [0.717, 1.165) is 7.41 Å². The van der Waals surface area contributed by atoms with Gasteiger partial charge in [-0.25, -0.2) is 0 Å². The number of rotatable bonds is 5. The van der Waals surface area contributed by atoms with Crippen molar-refractivity contribution in [2.45, 2.75) is 46.4 Å². The predicted octanol–water partition coefficient (Wildman–Crippen LogP) is 5.52. The molecule has 1 nitrogen and oxygen atoms in total. The Hall–Kier alpha value is -1.70. The first kappa shape index (κ1) is 15.7. The Morgan fingerprint density at radius 2 is 1.76 bits per heavy atom. The first-order chi connectivity index (χ1) is 10.0. The van der Waals surface area contributed by atoms with Gasteiger partial charge in [0.25, 0.3) is 0 Å². The summed E-state index contributed by atoms with van der Waals surface area (Å²) in [5, 5.41) is 1.64. The van der Waals surface area contributed by atoms with Crippen molar-refractivity contribution in [2.24, 2.45) is 0 Å². The molecule has 0 bridgehead atoms. The molecule has 0 aliphatic rings. The van der Waals surface area contributed by atoms with E-state index in [1.807, 2.05) is 0 Å². The highest BCUT2D eigenvalue weighted by molar-refractivity contribution is 6.40. The van der Waals surface area contributed by atoms with Gasteiger partial charge < -0.3 is 4.48 Å². The largest absolute Gasteiger partial charge is 0.389 e. The molecule has 0 spiro atoms. The third-order valence-electron chi connectivity index (χ3n) is 4.25. The molecule has 0 atom stereocenters. The van der Waals surface area contributed by atoms with E-state index in [1.165, 1.54) is 28.6 Å². The van der Waals surface area contributed by atoms with Gasteiger partial charge in [-0.05, 0) is 31.3 Å². The Balaban J connectivity index is 2.75. The second-order valence-electron chi connectivity index (χ2n) is 6.42. The summed E-state index contributed by atoms with van der Waals surface area (Å²) in [5.41, 5.74) is 3.98. The van der Waals surface area contributed by atoms with Crippen LogP contribution in [0, 0.1) is 0 Å². The van der Waals surface area contributed by atoms with Gasteiger partial charge in [0.05, 0.1) is 0 Å². The van der Waals surface area contributed by atoms with Crippen LogP contribution < -0.4 is 0 Å². The van der Waals surface area contributed by atoms with Gasteiger partial charge >= 0.3 is 0 Å². The van der Waals surface area contributed by atoms with Crippen LogP contribution >= 0.6 is 0 Å². The summed E-state index contributed by atoms with van der Waals surface area (Å²) in [6, 6.07) is 8.73. The number of para-hydroxylation sites is 1. The molecule has 21 heavy (non-hydrogen) atoms. The molecule has 1 heterocycles. The van der Waals surface area contributed by atoms with E-state index in [-0.39, 0.29) is 0 Å². The smallest absolute Gasteiger partial charge is 0.248 e. The van der Waals surface area contributed by atoms with Crippen LogP contribution in [0.4, 0.5) is 0 Å². The minimum atomic E-state index is 0.297. The number of benzene rings is 1. The summed E-state index contributed by atoms with van der Waals surface area (Å²) in [6.45, 7) is 11.1. The monoisotopic (exact) mass is 279 g/mol. The van der Waals surface area contributed by atoms with Crippen molar-refractivity contribution < 1.29 is 0 Å². The van der Waals surface area contributed by atoms with Gasteiger partial charge in [0, 0.05) is 22.2 Å². The van der Waals surface area contributed by atoms with E-state index in [1.54, 1.807) is 0 Å². The normalized spacial score (nSPS) is 12.8. The van der Waals surface area contributed by atoms with Crippen molar-refractivity contribution >= 4 is 30.5 Å². The van der Waals surface area contributed by atoms with E-state index < -0.39 is 0 Å². The molecule has 0 aliphatic heterocycles. The molecule has 0 saturated carbocycles. The molecule has 0 fully saturated rings. The molecule has 2 rings (SSSR count). The lowest BCUT2D eigenvalue weighted by Gasteiger charge is -2.23. The molecule has 2 heteroatoms. The number of nitrogens with zero attached hydrogens (tertiary/aromatic N) is 1. The summed E-state index contributed by atoms with van der Waals surface area (Å²) >= 11 is 0. The van der Waals surface area contributed by atoms with Gasteiger partial charge in [-0.15, -0.1) is 0 Å². The lowest BCUT2D eigenvalue weighted by atomic mass is 9.61. The van der Waals surface area contributed by atoms with Gasteiger partial charge in [-0.1, -0.05) is 63.6 Å². The second-order valence-corrected chi connectivity index (χ2v) is 6.42. The topological polar surface area (TPSA) is 4.93 Å². The number of fused-ring (bicyclic) bond motifs is 1. The van der Waals surface area contributed by atoms with Crippen LogP contribution in [0.5, 0.6) is 0 Å². The van der Waals surface area contributed by atoms with Gasteiger partial charge in [-0.2, -0.15) is 0 Å². The molecule has 0 saturated heterocycles. The molecule has 0 N–H and O–H groups in total. The highest BCUT2D eigenvalue weighted by Crippen LogP contribution is 2.33. The average Bonchev–Trinajstić information content (AvgIpc) is 2.75. The molecule has 0 unspecified atom stereocenters. The predicted molar refractivity (Wildman–Crippen MR) is 98.2 cm³/mol. The van der Waals surface area contributed by atoms with Crippen molar-refractivity contribution in [3.05, 3.63) is 47.7 Å². The van der Waals surface area contributed by atoms with Crippen LogP contribution in [0.15, 0.2) is 36.4 Å². The van der Waals surface area contributed by atoms with E-state index >= 15 is 0 Å². The lowest BCUT2D eigenvalue weighted by Crippen LogP contribution is -2.21. The van der Waals surface area contributed by atoms with Crippen LogP contribution in [0.2, 0.25) is 5.31 Å². The van der Waals surface area contributed by atoms with Crippen LogP contribution in [0.1, 0.15) is 52.3 Å². The zero-order chi connectivity index (χ0) is 15.5. The number of hydrogen-bond donors (Lipinski definition) is 0. The molecule has 1 aromatic carbocycles. The van der Waals surface area contributed by atoms with Crippen LogP contribution in [0.3, 0.4) is 0 Å². The maximum atomic E-state index is 2.48. The fourth-order valence-electron chi connectivity index (χ4n) is 2.74. The Morgan fingerprint density at radius 3 is 2.38 bits per heavy atom. The van der Waals surface area contributed by atoms with Gasteiger partial charge in [-0.3, -0.25) is 0 Å². The van der Waals surface area contributed by atoms with Crippen molar-refractivity contribution in [3.63, 3.8) is 0 Å².